The molecule has 138 valence electrons. The number of rotatable bonds is 4. The van der Waals surface area contributed by atoms with Gasteiger partial charge in [-0.15, -0.1) is 11.8 Å². The summed E-state index contributed by atoms with van der Waals surface area (Å²) in [7, 11) is 0.999. The normalized spacial score (nSPS) is 13.3. The van der Waals surface area contributed by atoms with Crippen LogP contribution in [0.5, 0.6) is 0 Å². The van der Waals surface area contributed by atoms with Crippen molar-refractivity contribution in [3.8, 4) is 0 Å². The summed E-state index contributed by atoms with van der Waals surface area (Å²) in [4.78, 5) is 0. The molecule has 0 unspecified atom stereocenters. The molecule has 0 amide bonds. The number of thioether (sulfide) groups is 1. The molecule has 0 saturated heterocycles. The molecule has 0 atom stereocenters. The zero-order chi connectivity index (χ0) is 19.0. The third-order valence-corrected chi connectivity index (χ3v) is 4.57. The standard InChI is InChI=1S/C15H11F8NS/c1-24-7-10(13(16,17)15(21,22)23)11(14(18,19)20)12(24)25-8-9-5-3-2-4-6-9/h2-7H,8H2,1H3. The zero-order valence-corrected chi connectivity index (χ0v) is 13.4. The second-order valence-corrected chi connectivity index (χ2v) is 6.14. The topological polar surface area (TPSA) is 4.93 Å². The second-order valence-electron chi connectivity index (χ2n) is 5.18. The Morgan fingerprint density at radius 2 is 1.48 bits per heavy atom. The van der Waals surface area contributed by atoms with Gasteiger partial charge in [0.05, 0.1) is 16.2 Å². The van der Waals surface area contributed by atoms with Crippen LogP contribution in [0, 0.1) is 0 Å². The maximum atomic E-state index is 13.6. The molecule has 1 nitrogen and oxygen atoms in total. The van der Waals surface area contributed by atoms with E-state index in [1.54, 1.807) is 30.3 Å². The van der Waals surface area contributed by atoms with Gasteiger partial charge in [0.15, 0.2) is 0 Å². The summed E-state index contributed by atoms with van der Waals surface area (Å²) < 4.78 is 105. The molecule has 2 aromatic rings. The first-order valence-corrected chi connectivity index (χ1v) is 7.72. The van der Waals surface area contributed by atoms with Crippen LogP contribution in [-0.4, -0.2) is 10.7 Å². The van der Waals surface area contributed by atoms with E-state index in [2.05, 4.69) is 0 Å². The first kappa shape index (κ1) is 19.6. The Labute approximate surface area is 141 Å². The summed E-state index contributed by atoms with van der Waals surface area (Å²) >= 11 is 0.543. The minimum atomic E-state index is -6.13. The first-order chi connectivity index (χ1) is 11.4. The molecule has 10 heteroatoms. The predicted octanol–water partition coefficient (Wildman–Crippen LogP) is 5.99. The molecular weight excluding hydrogens is 378 g/mol. The van der Waals surface area contributed by atoms with Gasteiger partial charge < -0.3 is 4.57 Å². The number of nitrogens with zero attached hydrogens (tertiary/aromatic N) is 1. The average Bonchev–Trinajstić information content (AvgIpc) is 2.82. The van der Waals surface area contributed by atoms with Crippen LogP contribution in [0.4, 0.5) is 35.1 Å². The highest BCUT2D eigenvalue weighted by molar-refractivity contribution is 7.98. The Balaban J connectivity index is 2.50. The number of halogens is 8. The van der Waals surface area contributed by atoms with Crippen molar-refractivity contribution in [2.75, 3.05) is 0 Å². The van der Waals surface area contributed by atoms with Crippen molar-refractivity contribution in [2.24, 2.45) is 7.05 Å². The van der Waals surface area contributed by atoms with E-state index < -0.39 is 34.4 Å². The highest BCUT2D eigenvalue weighted by Gasteiger charge is 2.62. The number of benzene rings is 1. The Hall–Kier alpha value is -1.71. The lowest BCUT2D eigenvalue weighted by atomic mass is 10.1. The predicted molar refractivity (Wildman–Crippen MR) is 76.4 cm³/mol. The lowest BCUT2D eigenvalue weighted by molar-refractivity contribution is -0.291. The van der Waals surface area contributed by atoms with Crippen LogP contribution in [0.3, 0.4) is 0 Å². The Morgan fingerprint density at radius 3 is 1.96 bits per heavy atom. The summed E-state index contributed by atoms with van der Waals surface area (Å²) in [5.41, 5.74) is -3.45. The highest BCUT2D eigenvalue weighted by Crippen LogP contribution is 2.51. The molecule has 0 aliphatic heterocycles. The first-order valence-electron chi connectivity index (χ1n) is 6.74. The van der Waals surface area contributed by atoms with E-state index in [0.717, 1.165) is 7.05 Å². The number of aromatic nitrogens is 1. The molecule has 1 heterocycles. The SMILES string of the molecule is Cn1cc(C(F)(F)C(F)(F)F)c(C(F)(F)F)c1SCc1ccccc1. The molecule has 0 spiro atoms. The Bertz CT molecular complexity index is 730. The summed E-state index contributed by atoms with van der Waals surface area (Å²) in [5.74, 6) is -5.63. The van der Waals surface area contributed by atoms with Crippen LogP contribution in [0.15, 0.2) is 41.6 Å². The molecule has 0 radical (unpaired) electrons. The van der Waals surface area contributed by atoms with Crippen LogP contribution in [0.2, 0.25) is 0 Å². The smallest absolute Gasteiger partial charge is 0.345 e. The second kappa shape index (κ2) is 6.54. The molecule has 0 bridgehead atoms. The molecule has 1 aromatic heterocycles. The summed E-state index contributed by atoms with van der Waals surface area (Å²) in [5, 5.41) is -0.699. The monoisotopic (exact) mass is 389 g/mol. The van der Waals surface area contributed by atoms with Crippen LogP contribution >= 0.6 is 11.8 Å². The van der Waals surface area contributed by atoms with E-state index in [1.807, 2.05) is 0 Å². The quantitative estimate of drug-likeness (QED) is 0.459. The van der Waals surface area contributed by atoms with Gasteiger partial charge in [-0.25, -0.2) is 0 Å². The molecule has 2 rings (SSSR count). The van der Waals surface area contributed by atoms with Crippen molar-refractivity contribution in [3.63, 3.8) is 0 Å². The minimum absolute atomic E-state index is 0.0151. The Morgan fingerprint density at radius 1 is 0.920 bits per heavy atom. The fourth-order valence-electron chi connectivity index (χ4n) is 2.17. The summed E-state index contributed by atoms with van der Waals surface area (Å²) in [6.07, 6.45) is -11.3. The van der Waals surface area contributed by atoms with E-state index >= 15 is 0 Å². The van der Waals surface area contributed by atoms with E-state index in [-0.39, 0.29) is 11.9 Å². The molecule has 0 aliphatic carbocycles. The van der Waals surface area contributed by atoms with Gasteiger partial charge in [-0.1, -0.05) is 30.3 Å². The van der Waals surface area contributed by atoms with E-state index in [1.165, 1.54) is 0 Å². The van der Waals surface area contributed by atoms with Gasteiger partial charge >= 0.3 is 18.3 Å². The molecule has 25 heavy (non-hydrogen) atoms. The minimum Gasteiger partial charge on any atom is -0.345 e. The lowest BCUT2D eigenvalue weighted by Crippen LogP contribution is -2.35. The van der Waals surface area contributed by atoms with Gasteiger partial charge in [-0.2, -0.15) is 35.1 Å². The number of alkyl halides is 8. The Kier molecular flexibility index (Phi) is 5.13. The molecule has 0 aliphatic rings. The zero-order valence-electron chi connectivity index (χ0n) is 12.6. The van der Waals surface area contributed by atoms with E-state index in [9.17, 15) is 35.1 Å². The fraction of sp³-hybridized carbons (Fsp3) is 0.333. The molecule has 0 fully saturated rings. The molecule has 0 N–H and O–H groups in total. The maximum absolute atomic E-state index is 13.6. The van der Waals surface area contributed by atoms with Crippen molar-refractivity contribution in [1.29, 1.82) is 0 Å². The van der Waals surface area contributed by atoms with Gasteiger partial charge in [0.2, 0.25) is 0 Å². The van der Waals surface area contributed by atoms with Crippen molar-refractivity contribution >= 4 is 11.8 Å². The molecule has 0 saturated carbocycles. The number of hydrogen-bond acceptors (Lipinski definition) is 1. The van der Waals surface area contributed by atoms with Crippen molar-refractivity contribution in [2.45, 2.75) is 29.1 Å². The van der Waals surface area contributed by atoms with Gasteiger partial charge in [-0.3, -0.25) is 0 Å². The van der Waals surface area contributed by atoms with Crippen molar-refractivity contribution < 1.29 is 35.1 Å². The molecule has 1 aromatic carbocycles. The van der Waals surface area contributed by atoms with Gasteiger partial charge in [0.25, 0.3) is 0 Å². The third-order valence-electron chi connectivity index (χ3n) is 3.32. The van der Waals surface area contributed by atoms with Crippen LogP contribution in [-0.2, 0) is 24.9 Å². The number of aryl methyl sites for hydroxylation is 1. The molecular formula is C15H11F8NS. The largest absolute Gasteiger partial charge is 0.458 e. The van der Waals surface area contributed by atoms with Crippen LogP contribution < -0.4 is 0 Å². The maximum Gasteiger partial charge on any atom is 0.458 e. The average molecular weight is 389 g/mol. The van der Waals surface area contributed by atoms with Crippen molar-refractivity contribution in [3.05, 3.63) is 53.2 Å². The summed E-state index contributed by atoms with van der Waals surface area (Å²) in [6.45, 7) is 0. The van der Waals surface area contributed by atoms with Crippen molar-refractivity contribution in [1.82, 2.24) is 4.57 Å². The van der Waals surface area contributed by atoms with Gasteiger partial charge in [0, 0.05) is 19.0 Å². The highest BCUT2D eigenvalue weighted by atomic mass is 32.2. The van der Waals surface area contributed by atoms with Crippen LogP contribution in [0.1, 0.15) is 16.7 Å². The fourth-order valence-corrected chi connectivity index (χ4v) is 3.30. The third kappa shape index (κ3) is 3.94. The summed E-state index contributed by atoms with van der Waals surface area (Å²) in [6, 6.07) is 8.16. The van der Waals surface area contributed by atoms with Gasteiger partial charge in [0.1, 0.15) is 0 Å². The van der Waals surface area contributed by atoms with Crippen LogP contribution in [0.25, 0.3) is 0 Å². The number of hydrogen-bond donors (Lipinski definition) is 0. The lowest BCUT2D eigenvalue weighted by Gasteiger charge is -2.21. The van der Waals surface area contributed by atoms with Gasteiger partial charge in [-0.05, 0) is 5.56 Å². The van der Waals surface area contributed by atoms with E-state index in [0.29, 0.717) is 21.9 Å². The van der Waals surface area contributed by atoms with E-state index in [4.69, 9.17) is 0 Å².